The Morgan fingerprint density at radius 2 is 1.64 bits per heavy atom. The van der Waals surface area contributed by atoms with Crippen LogP contribution in [0.25, 0.3) is 6.08 Å². The molecule has 0 spiro atoms. The number of nitrogens with one attached hydrogen (secondary N) is 1. The molecule has 0 aliphatic rings. The van der Waals surface area contributed by atoms with E-state index in [4.69, 9.17) is 18.9 Å². The van der Waals surface area contributed by atoms with Crippen LogP contribution in [0.5, 0.6) is 17.2 Å². The topological polar surface area (TPSA) is 83.1 Å². The van der Waals surface area contributed by atoms with E-state index in [1.54, 1.807) is 18.2 Å². The first-order chi connectivity index (χ1) is 13.5. The molecule has 0 saturated carbocycles. The zero-order valence-corrected chi connectivity index (χ0v) is 16.3. The zero-order valence-electron chi connectivity index (χ0n) is 16.3. The summed E-state index contributed by atoms with van der Waals surface area (Å²) in [5, 5.41) is 2.67. The largest absolute Gasteiger partial charge is 0.496 e. The van der Waals surface area contributed by atoms with Crippen molar-refractivity contribution in [3.63, 3.8) is 0 Å². The fourth-order valence-corrected chi connectivity index (χ4v) is 2.45. The van der Waals surface area contributed by atoms with Gasteiger partial charge in [0.1, 0.15) is 5.75 Å². The minimum atomic E-state index is -0.656. The van der Waals surface area contributed by atoms with Crippen LogP contribution in [-0.2, 0) is 14.3 Å². The Kier molecular flexibility index (Phi) is 7.45. The number of aryl methyl sites for hydroxylation is 1. The fourth-order valence-electron chi connectivity index (χ4n) is 2.45. The summed E-state index contributed by atoms with van der Waals surface area (Å²) >= 11 is 0. The maximum atomic E-state index is 11.9. The molecule has 7 heteroatoms. The standard InChI is InChI=1S/C21H23NO6/c1-14-6-5-7-16(10-14)22-20(23)13-28-21(24)9-8-15-11-18(26-3)19(27-4)12-17(15)25-2/h5-12H,13H2,1-4H3,(H,22,23)/b9-8+. The van der Waals surface area contributed by atoms with Gasteiger partial charge in [0.25, 0.3) is 5.91 Å². The first-order valence-electron chi connectivity index (χ1n) is 8.48. The van der Waals surface area contributed by atoms with E-state index in [0.717, 1.165) is 5.56 Å². The summed E-state index contributed by atoms with van der Waals surface area (Å²) in [6, 6.07) is 10.7. The number of hydrogen-bond acceptors (Lipinski definition) is 6. The third-order valence-corrected chi connectivity index (χ3v) is 3.78. The Balaban J connectivity index is 1.97. The number of rotatable bonds is 8. The number of hydrogen-bond donors (Lipinski definition) is 1. The van der Waals surface area contributed by atoms with E-state index in [1.165, 1.54) is 33.5 Å². The Labute approximate surface area is 163 Å². The smallest absolute Gasteiger partial charge is 0.331 e. The maximum absolute atomic E-state index is 11.9. The van der Waals surface area contributed by atoms with Gasteiger partial charge in [-0.2, -0.15) is 0 Å². The van der Waals surface area contributed by atoms with Gasteiger partial charge in [-0.3, -0.25) is 4.79 Å². The van der Waals surface area contributed by atoms with Crippen molar-refractivity contribution >= 4 is 23.6 Å². The van der Waals surface area contributed by atoms with Crippen LogP contribution in [0.4, 0.5) is 5.69 Å². The van der Waals surface area contributed by atoms with Crippen molar-refractivity contribution in [2.45, 2.75) is 6.92 Å². The van der Waals surface area contributed by atoms with Crippen molar-refractivity contribution in [2.24, 2.45) is 0 Å². The van der Waals surface area contributed by atoms with Crippen LogP contribution in [0.15, 0.2) is 42.5 Å². The number of esters is 1. The van der Waals surface area contributed by atoms with Crippen molar-refractivity contribution in [3.05, 3.63) is 53.6 Å². The second kappa shape index (κ2) is 10.0. The predicted octanol–water partition coefficient (Wildman–Crippen LogP) is 3.22. The SMILES string of the molecule is COc1cc(OC)c(OC)cc1/C=C/C(=O)OCC(=O)Nc1cccc(C)c1. The van der Waals surface area contributed by atoms with E-state index >= 15 is 0 Å². The average Bonchev–Trinajstić information content (AvgIpc) is 2.69. The second-order valence-corrected chi connectivity index (χ2v) is 5.81. The molecule has 2 aromatic rings. The van der Waals surface area contributed by atoms with Crippen LogP contribution in [0.2, 0.25) is 0 Å². The summed E-state index contributed by atoms with van der Waals surface area (Å²) in [5.74, 6) is 0.423. The molecule has 1 N–H and O–H groups in total. The molecule has 7 nitrogen and oxygen atoms in total. The molecule has 0 unspecified atom stereocenters. The monoisotopic (exact) mass is 385 g/mol. The molecule has 0 aliphatic carbocycles. The van der Waals surface area contributed by atoms with Gasteiger partial charge in [0.2, 0.25) is 0 Å². The Hall–Kier alpha value is -3.48. The summed E-state index contributed by atoms with van der Waals surface area (Å²) in [6.07, 6.45) is 2.73. The van der Waals surface area contributed by atoms with E-state index in [2.05, 4.69) is 5.32 Å². The van der Waals surface area contributed by atoms with Gasteiger partial charge in [-0.1, -0.05) is 12.1 Å². The van der Waals surface area contributed by atoms with Crippen molar-refractivity contribution in [2.75, 3.05) is 33.3 Å². The van der Waals surface area contributed by atoms with Crippen LogP contribution < -0.4 is 19.5 Å². The molecule has 0 heterocycles. The van der Waals surface area contributed by atoms with E-state index in [1.807, 2.05) is 25.1 Å². The van der Waals surface area contributed by atoms with Crippen LogP contribution in [-0.4, -0.2) is 39.8 Å². The molecule has 2 aromatic carbocycles. The molecule has 148 valence electrons. The summed E-state index contributed by atoms with van der Waals surface area (Å²) in [6.45, 7) is 1.53. The molecule has 28 heavy (non-hydrogen) atoms. The second-order valence-electron chi connectivity index (χ2n) is 5.81. The minimum absolute atomic E-state index is 0.389. The predicted molar refractivity (Wildman–Crippen MR) is 106 cm³/mol. The third kappa shape index (κ3) is 5.77. The first kappa shape index (κ1) is 20.8. The molecule has 0 aliphatic heterocycles. The normalized spacial score (nSPS) is 10.4. The summed E-state index contributed by atoms with van der Waals surface area (Å²) < 4.78 is 20.7. The lowest BCUT2D eigenvalue weighted by Gasteiger charge is -2.12. The van der Waals surface area contributed by atoms with Crippen LogP contribution in [0, 0.1) is 6.92 Å². The summed E-state index contributed by atoms with van der Waals surface area (Å²) in [5.41, 5.74) is 2.26. The molecule has 0 radical (unpaired) electrons. The lowest BCUT2D eigenvalue weighted by atomic mass is 10.1. The van der Waals surface area contributed by atoms with Gasteiger partial charge in [-0.25, -0.2) is 4.79 Å². The van der Waals surface area contributed by atoms with E-state index in [9.17, 15) is 9.59 Å². The van der Waals surface area contributed by atoms with E-state index < -0.39 is 11.9 Å². The summed E-state index contributed by atoms with van der Waals surface area (Å²) in [4.78, 5) is 23.8. The number of carbonyl (C=O) groups excluding carboxylic acids is 2. The quantitative estimate of drug-likeness (QED) is 0.555. The highest BCUT2D eigenvalue weighted by Crippen LogP contribution is 2.35. The molecule has 2 rings (SSSR count). The first-order valence-corrected chi connectivity index (χ1v) is 8.48. The van der Waals surface area contributed by atoms with Crippen molar-refractivity contribution in [1.29, 1.82) is 0 Å². The zero-order chi connectivity index (χ0) is 20.5. The number of carbonyl (C=O) groups is 2. The molecule has 0 bridgehead atoms. The highest BCUT2D eigenvalue weighted by Gasteiger charge is 2.11. The Morgan fingerprint density at radius 3 is 2.29 bits per heavy atom. The maximum Gasteiger partial charge on any atom is 0.331 e. The van der Waals surface area contributed by atoms with Gasteiger partial charge in [0.05, 0.1) is 21.3 Å². The van der Waals surface area contributed by atoms with Crippen molar-refractivity contribution < 1.29 is 28.5 Å². The molecule has 0 fully saturated rings. The number of amides is 1. The summed E-state index contributed by atoms with van der Waals surface area (Å²) in [7, 11) is 4.54. The van der Waals surface area contributed by atoms with Gasteiger partial charge in [0.15, 0.2) is 18.1 Å². The fraction of sp³-hybridized carbons (Fsp3) is 0.238. The highest BCUT2D eigenvalue weighted by atomic mass is 16.5. The van der Waals surface area contributed by atoms with E-state index in [0.29, 0.717) is 28.5 Å². The third-order valence-electron chi connectivity index (χ3n) is 3.78. The van der Waals surface area contributed by atoms with Crippen LogP contribution >= 0.6 is 0 Å². The molecular formula is C21H23NO6. The molecular weight excluding hydrogens is 362 g/mol. The number of benzene rings is 2. The molecule has 0 atom stereocenters. The van der Waals surface area contributed by atoms with Gasteiger partial charge in [0, 0.05) is 23.4 Å². The van der Waals surface area contributed by atoms with Gasteiger partial charge >= 0.3 is 5.97 Å². The van der Waals surface area contributed by atoms with Gasteiger partial charge in [-0.05, 0) is 36.8 Å². The highest BCUT2D eigenvalue weighted by molar-refractivity contribution is 5.94. The van der Waals surface area contributed by atoms with Crippen LogP contribution in [0.1, 0.15) is 11.1 Å². The van der Waals surface area contributed by atoms with Crippen molar-refractivity contribution in [3.8, 4) is 17.2 Å². The number of ether oxygens (including phenoxy) is 4. The molecule has 1 amide bonds. The average molecular weight is 385 g/mol. The van der Waals surface area contributed by atoms with Crippen molar-refractivity contribution in [1.82, 2.24) is 0 Å². The van der Waals surface area contributed by atoms with E-state index in [-0.39, 0.29) is 6.61 Å². The van der Waals surface area contributed by atoms with Gasteiger partial charge in [-0.15, -0.1) is 0 Å². The molecule has 0 aromatic heterocycles. The lowest BCUT2D eigenvalue weighted by Crippen LogP contribution is -2.20. The Bertz CT molecular complexity index is 875. The number of methoxy groups -OCH3 is 3. The van der Waals surface area contributed by atoms with Crippen LogP contribution in [0.3, 0.4) is 0 Å². The number of anilines is 1. The van der Waals surface area contributed by atoms with Gasteiger partial charge < -0.3 is 24.3 Å². The Morgan fingerprint density at radius 1 is 0.964 bits per heavy atom. The lowest BCUT2D eigenvalue weighted by molar-refractivity contribution is -0.142. The molecule has 0 saturated heterocycles. The minimum Gasteiger partial charge on any atom is -0.496 e.